The van der Waals surface area contributed by atoms with Crippen LogP contribution in [0.5, 0.6) is 0 Å². The van der Waals surface area contributed by atoms with Gasteiger partial charge in [-0.15, -0.1) is 0 Å². The molecule has 0 radical (unpaired) electrons. The van der Waals surface area contributed by atoms with Crippen molar-refractivity contribution in [3.05, 3.63) is 0 Å². The van der Waals surface area contributed by atoms with Gasteiger partial charge in [0.2, 0.25) is 0 Å². The summed E-state index contributed by atoms with van der Waals surface area (Å²) in [5.74, 6) is 0.721. The minimum absolute atomic E-state index is 0.457. The summed E-state index contributed by atoms with van der Waals surface area (Å²) < 4.78 is 10.5. The number of hydrogen-bond donors (Lipinski definition) is 1. The Morgan fingerprint density at radius 3 is 2.88 bits per heavy atom. The lowest BCUT2D eigenvalue weighted by atomic mass is 10.1. The van der Waals surface area contributed by atoms with Gasteiger partial charge in [0.05, 0.1) is 19.3 Å². The van der Waals surface area contributed by atoms with Crippen molar-refractivity contribution in [1.29, 1.82) is 0 Å². The van der Waals surface area contributed by atoms with Crippen molar-refractivity contribution in [2.75, 3.05) is 53.6 Å². The maximum Gasteiger partial charge on any atom is 0.0587 e. The van der Waals surface area contributed by atoms with E-state index in [1.807, 2.05) is 0 Å². The Morgan fingerprint density at radius 1 is 1.44 bits per heavy atom. The first-order chi connectivity index (χ1) is 7.72. The fraction of sp³-hybridized carbons (Fsp3) is 1.00. The molecule has 0 aromatic heterocycles. The van der Waals surface area contributed by atoms with Gasteiger partial charge in [0.25, 0.3) is 0 Å². The van der Waals surface area contributed by atoms with Crippen LogP contribution in [0.2, 0.25) is 0 Å². The van der Waals surface area contributed by atoms with Gasteiger partial charge in [-0.25, -0.2) is 0 Å². The van der Waals surface area contributed by atoms with Crippen molar-refractivity contribution < 1.29 is 9.47 Å². The highest BCUT2D eigenvalue weighted by atomic mass is 16.5. The third kappa shape index (κ3) is 5.80. The zero-order valence-corrected chi connectivity index (χ0v) is 10.9. The van der Waals surface area contributed by atoms with Crippen molar-refractivity contribution in [3.8, 4) is 0 Å². The molecule has 1 N–H and O–H groups in total. The molecule has 0 saturated carbocycles. The Labute approximate surface area is 99.3 Å². The molecular weight excluding hydrogens is 204 g/mol. The minimum Gasteiger partial charge on any atom is -0.383 e. The van der Waals surface area contributed by atoms with E-state index in [0.717, 1.165) is 45.3 Å². The molecule has 2 unspecified atom stereocenters. The zero-order valence-electron chi connectivity index (χ0n) is 10.9. The first-order valence-electron chi connectivity index (χ1n) is 6.22. The van der Waals surface area contributed by atoms with E-state index in [2.05, 4.69) is 24.2 Å². The summed E-state index contributed by atoms with van der Waals surface area (Å²) >= 11 is 0. The van der Waals surface area contributed by atoms with E-state index in [4.69, 9.17) is 9.47 Å². The predicted octanol–water partition coefficient (Wildman–Crippen LogP) is 0.579. The topological polar surface area (TPSA) is 33.7 Å². The van der Waals surface area contributed by atoms with Gasteiger partial charge < -0.3 is 19.7 Å². The summed E-state index contributed by atoms with van der Waals surface area (Å²) in [6.07, 6.45) is 1.67. The summed E-state index contributed by atoms with van der Waals surface area (Å²) in [4.78, 5) is 2.38. The van der Waals surface area contributed by atoms with E-state index in [1.54, 1.807) is 7.11 Å². The Balaban J connectivity index is 1.96. The highest BCUT2D eigenvalue weighted by Crippen LogP contribution is 2.19. The Bertz CT molecular complexity index is 178. The molecule has 1 rings (SSSR count). The molecule has 96 valence electrons. The van der Waals surface area contributed by atoms with Crippen LogP contribution < -0.4 is 5.32 Å². The molecule has 16 heavy (non-hydrogen) atoms. The Kier molecular flexibility index (Phi) is 6.96. The van der Waals surface area contributed by atoms with Crippen LogP contribution in [-0.4, -0.2) is 64.6 Å². The summed E-state index contributed by atoms with van der Waals surface area (Å²) in [7, 11) is 3.91. The molecule has 0 aliphatic carbocycles. The lowest BCUT2D eigenvalue weighted by Crippen LogP contribution is -2.34. The largest absolute Gasteiger partial charge is 0.383 e. The van der Waals surface area contributed by atoms with Crippen LogP contribution >= 0.6 is 0 Å². The summed E-state index contributed by atoms with van der Waals surface area (Å²) in [5.41, 5.74) is 0. The molecule has 4 nitrogen and oxygen atoms in total. The van der Waals surface area contributed by atoms with Gasteiger partial charge in [-0.2, -0.15) is 0 Å². The van der Waals surface area contributed by atoms with Gasteiger partial charge in [-0.05, 0) is 26.3 Å². The maximum absolute atomic E-state index is 5.57. The van der Waals surface area contributed by atoms with Gasteiger partial charge in [0, 0.05) is 33.3 Å². The first-order valence-corrected chi connectivity index (χ1v) is 6.22. The number of nitrogens with zero attached hydrogens (tertiary/aromatic N) is 1. The fourth-order valence-corrected chi connectivity index (χ4v) is 2.13. The number of hydrogen-bond acceptors (Lipinski definition) is 4. The molecule has 0 amide bonds. The third-order valence-electron chi connectivity index (χ3n) is 3.00. The van der Waals surface area contributed by atoms with Crippen LogP contribution in [-0.2, 0) is 9.47 Å². The van der Waals surface area contributed by atoms with Gasteiger partial charge >= 0.3 is 0 Å². The van der Waals surface area contributed by atoms with Crippen LogP contribution in [0.3, 0.4) is 0 Å². The second-order valence-electron chi connectivity index (χ2n) is 4.75. The molecule has 4 heteroatoms. The SMILES string of the molecule is COCCNCCN(C)CC1COC(C)C1. The number of likely N-dealkylation sites (N-methyl/N-ethyl adjacent to an activating group) is 1. The van der Waals surface area contributed by atoms with E-state index in [-0.39, 0.29) is 0 Å². The van der Waals surface area contributed by atoms with Crippen LogP contribution in [0.1, 0.15) is 13.3 Å². The van der Waals surface area contributed by atoms with Crippen LogP contribution in [0.25, 0.3) is 0 Å². The molecule has 1 heterocycles. The highest BCUT2D eigenvalue weighted by Gasteiger charge is 2.22. The van der Waals surface area contributed by atoms with E-state index < -0.39 is 0 Å². The summed E-state index contributed by atoms with van der Waals surface area (Å²) in [6.45, 7) is 8.09. The van der Waals surface area contributed by atoms with Gasteiger partial charge in [-0.1, -0.05) is 0 Å². The number of ether oxygens (including phenoxy) is 2. The average Bonchev–Trinajstić information content (AvgIpc) is 2.63. The van der Waals surface area contributed by atoms with Crippen molar-refractivity contribution in [1.82, 2.24) is 10.2 Å². The van der Waals surface area contributed by atoms with Crippen LogP contribution in [0.15, 0.2) is 0 Å². The monoisotopic (exact) mass is 230 g/mol. The second-order valence-corrected chi connectivity index (χ2v) is 4.75. The number of rotatable bonds is 8. The smallest absolute Gasteiger partial charge is 0.0587 e. The van der Waals surface area contributed by atoms with Gasteiger partial charge in [-0.3, -0.25) is 0 Å². The highest BCUT2D eigenvalue weighted by molar-refractivity contribution is 4.73. The normalized spacial score (nSPS) is 25.5. The van der Waals surface area contributed by atoms with E-state index >= 15 is 0 Å². The maximum atomic E-state index is 5.57. The zero-order chi connectivity index (χ0) is 11.8. The number of methoxy groups -OCH3 is 1. The number of nitrogens with one attached hydrogen (secondary N) is 1. The lowest BCUT2D eigenvalue weighted by Gasteiger charge is -2.20. The standard InChI is InChI=1S/C12H26N2O2/c1-11-8-12(10-16-11)9-14(2)6-4-13-5-7-15-3/h11-13H,4-10H2,1-3H3. The molecule has 1 aliphatic rings. The molecule has 0 spiro atoms. The molecule has 0 bridgehead atoms. The second kappa shape index (κ2) is 8.01. The molecular formula is C12H26N2O2. The fourth-order valence-electron chi connectivity index (χ4n) is 2.13. The average molecular weight is 230 g/mol. The van der Waals surface area contributed by atoms with Crippen molar-refractivity contribution in [3.63, 3.8) is 0 Å². The van der Waals surface area contributed by atoms with Crippen molar-refractivity contribution in [2.45, 2.75) is 19.4 Å². The predicted molar refractivity (Wildman–Crippen MR) is 65.8 cm³/mol. The molecule has 1 aliphatic heterocycles. The summed E-state index contributed by atoms with van der Waals surface area (Å²) in [5, 5.41) is 3.35. The van der Waals surface area contributed by atoms with Gasteiger partial charge in [0.1, 0.15) is 0 Å². The third-order valence-corrected chi connectivity index (χ3v) is 3.00. The van der Waals surface area contributed by atoms with E-state index in [9.17, 15) is 0 Å². The van der Waals surface area contributed by atoms with Crippen molar-refractivity contribution >= 4 is 0 Å². The first kappa shape index (κ1) is 13.9. The Hall–Kier alpha value is -0.160. The lowest BCUT2D eigenvalue weighted by molar-refractivity contribution is 0.116. The molecule has 0 aromatic rings. The molecule has 2 atom stereocenters. The van der Waals surface area contributed by atoms with Gasteiger partial charge in [0.15, 0.2) is 0 Å². The minimum atomic E-state index is 0.457. The molecule has 0 aromatic carbocycles. The molecule has 1 saturated heterocycles. The Morgan fingerprint density at radius 2 is 2.25 bits per heavy atom. The quantitative estimate of drug-likeness (QED) is 0.619. The van der Waals surface area contributed by atoms with Crippen molar-refractivity contribution in [2.24, 2.45) is 5.92 Å². The van der Waals surface area contributed by atoms with Crippen LogP contribution in [0, 0.1) is 5.92 Å². The summed E-state index contributed by atoms with van der Waals surface area (Å²) in [6, 6.07) is 0. The van der Waals surface area contributed by atoms with E-state index in [0.29, 0.717) is 6.10 Å². The van der Waals surface area contributed by atoms with E-state index in [1.165, 1.54) is 6.42 Å². The molecule has 1 fully saturated rings. The van der Waals surface area contributed by atoms with Crippen LogP contribution in [0.4, 0.5) is 0 Å².